The molecule has 0 bridgehead atoms. The standard InChI is InChI=1S/C9H16N4O/c1-7-3-8(2)6-13(5-7)9(14)4-11-12-10/h7-8H,3-6H2,1-2H3/t7-,8-/m1/s1. The summed E-state index contributed by atoms with van der Waals surface area (Å²) < 4.78 is 0. The van der Waals surface area contributed by atoms with Crippen LogP contribution in [-0.2, 0) is 4.79 Å². The monoisotopic (exact) mass is 196 g/mol. The Morgan fingerprint density at radius 1 is 1.50 bits per heavy atom. The minimum absolute atomic E-state index is 0.0457. The topological polar surface area (TPSA) is 69.1 Å². The van der Waals surface area contributed by atoms with Crippen molar-refractivity contribution >= 4 is 5.91 Å². The average Bonchev–Trinajstić information content (AvgIpc) is 2.12. The molecular formula is C9H16N4O. The molecule has 0 aromatic heterocycles. The van der Waals surface area contributed by atoms with Crippen LogP contribution < -0.4 is 0 Å². The van der Waals surface area contributed by atoms with Gasteiger partial charge in [-0.05, 0) is 23.8 Å². The number of piperidine rings is 1. The Morgan fingerprint density at radius 2 is 2.07 bits per heavy atom. The van der Waals surface area contributed by atoms with Crippen LogP contribution in [0.1, 0.15) is 20.3 Å². The number of azide groups is 1. The molecule has 1 saturated heterocycles. The molecule has 0 radical (unpaired) electrons. The van der Waals surface area contributed by atoms with Crippen LogP contribution in [0.25, 0.3) is 10.4 Å². The highest BCUT2D eigenvalue weighted by Crippen LogP contribution is 2.20. The fourth-order valence-corrected chi connectivity index (χ4v) is 2.06. The lowest BCUT2D eigenvalue weighted by molar-refractivity contribution is -0.132. The summed E-state index contributed by atoms with van der Waals surface area (Å²) >= 11 is 0. The molecule has 14 heavy (non-hydrogen) atoms. The second kappa shape index (κ2) is 4.86. The van der Waals surface area contributed by atoms with Gasteiger partial charge in [0.15, 0.2) is 0 Å². The molecule has 5 nitrogen and oxygen atoms in total. The van der Waals surface area contributed by atoms with Gasteiger partial charge in [-0.3, -0.25) is 4.79 Å². The van der Waals surface area contributed by atoms with Gasteiger partial charge in [-0.2, -0.15) is 0 Å². The molecule has 2 atom stereocenters. The van der Waals surface area contributed by atoms with Crippen LogP contribution in [0.3, 0.4) is 0 Å². The van der Waals surface area contributed by atoms with Crippen LogP contribution in [0.15, 0.2) is 5.11 Å². The second-order valence-electron chi connectivity index (χ2n) is 4.13. The Hall–Kier alpha value is -1.22. The average molecular weight is 196 g/mol. The molecule has 1 rings (SSSR count). The largest absolute Gasteiger partial charge is 0.342 e. The van der Waals surface area contributed by atoms with Crippen molar-refractivity contribution in [2.45, 2.75) is 20.3 Å². The Labute approximate surface area is 83.7 Å². The number of carbonyl (C=O) groups is 1. The first-order valence-corrected chi connectivity index (χ1v) is 4.92. The van der Waals surface area contributed by atoms with E-state index in [0.717, 1.165) is 13.1 Å². The van der Waals surface area contributed by atoms with Crippen molar-refractivity contribution in [2.75, 3.05) is 19.6 Å². The van der Waals surface area contributed by atoms with E-state index in [1.165, 1.54) is 6.42 Å². The quantitative estimate of drug-likeness (QED) is 0.377. The summed E-state index contributed by atoms with van der Waals surface area (Å²) in [5.41, 5.74) is 8.11. The Morgan fingerprint density at radius 3 is 2.57 bits per heavy atom. The number of carbonyl (C=O) groups excluding carboxylic acids is 1. The van der Waals surface area contributed by atoms with Gasteiger partial charge in [0.25, 0.3) is 0 Å². The van der Waals surface area contributed by atoms with Gasteiger partial charge in [0.1, 0.15) is 6.54 Å². The third-order valence-electron chi connectivity index (χ3n) is 2.49. The van der Waals surface area contributed by atoms with Gasteiger partial charge in [0.2, 0.25) is 5.91 Å². The number of hydrogen-bond acceptors (Lipinski definition) is 2. The first kappa shape index (κ1) is 10.9. The summed E-state index contributed by atoms with van der Waals surface area (Å²) in [6, 6.07) is 0. The summed E-state index contributed by atoms with van der Waals surface area (Å²) in [6.45, 7) is 5.83. The SMILES string of the molecule is C[C@@H]1C[C@@H](C)CN(C(=O)CN=[N+]=[N-])C1. The zero-order valence-corrected chi connectivity index (χ0v) is 8.68. The maximum Gasteiger partial charge on any atom is 0.228 e. The molecule has 0 unspecified atom stereocenters. The van der Waals surface area contributed by atoms with E-state index < -0.39 is 0 Å². The normalized spacial score (nSPS) is 26.9. The lowest BCUT2D eigenvalue weighted by Crippen LogP contribution is -2.43. The molecule has 0 aromatic rings. The van der Waals surface area contributed by atoms with Crippen LogP contribution in [-0.4, -0.2) is 30.4 Å². The van der Waals surface area contributed by atoms with E-state index in [2.05, 4.69) is 23.9 Å². The molecule has 0 aromatic carbocycles. The Bertz CT molecular complexity index is 250. The molecule has 0 aliphatic carbocycles. The number of amides is 1. The van der Waals surface area contributed by atoms with Crippen molar-refractivity contribution in [3.8, 4) is 0 Å². The van der Waals surface area contributed by atoms with Gasteiger partial charge < -0.3 is 4.90 Å². The molecule has 0 saturated carbocycles. The zero-order chi connectivity index (χ0) is 10.6. The van der Waals surface area contributed by atoms with Gasteiger partial charge in [0.05, 0.1) is 0 Å². The van der Waals surface area contributed by atoms with E-state index >= 15 is 0 Å². The van der Waals surface area contributed by atoms with Crippen molar-refractivity contribution in [1.82, 2.24) is 4.90 Å². The van der Waals surface area contributed by atoms with E-state index in [0.29, 0.717) is 11.8 Å². The summed E-state index contributed by atoms with van der Waals surface area (Å²) in [4.78, 5) is 15.9. The highest BCUT2D eigenvalue weighted by Gasteiger charge is 2.24. The summed E-state index contributed by atoms with van der Waals surface area (Å²) in [5, 5.41) is 3.29. The molecule has 1 aliphatic heterocycles. The van der Waals surface area contributed by atoms with Crippen LogP contribution in [0, 0.1) is 11.8 Å². The van der Waals surface area contributed by atoms with E-state index in [1.807, 2.05) is 0 Å². The van der Waals surface area contributed by atoms with Crippen molar-refractivity contribution in [3.63, 3.8) is 0 Å². The maximum atomic E-state index is 11.5. The number of rotatable bonds is 2. The van der Waals surface area contributed by atoms with Gasteiger partial charge in [-0.25, -0.2) is 0 Å². The third-order valence-corrected chi connectivity index (χ3v) is 2.49. The predicted molar refractivity (Wildman–Crippen MR) is 53.5 cm³/mol. The first-order valence-electron chi connectivity index (χ1n) is 4.92. The fraction of sp³-hybridized carbons (Fsp3) is 0.889. The minimum Gasteiger partial charge on any atom is -0.342 e. The van der Waals surface area contributed by atoms with Gasteiger partial charge >= 0.3 is 0 Å². The summed E-state index contributed by atoms with van der Waals surface area (Å²) in [5.74, 6) is 1.05. The minimum atomic E-state index is -0.0544. The van der Waals surface area contributed by atoms with Crippen LogP contribution in [0.2, 0.25) is 0 Å². The summed E-state index contributed by atoms with van der Waals surface area (Å²) in [6.07, 6.45) is 1.17. The lowest BCUT2D eigenvalue weighted by Gasteiger charge is -2.34. The Kier molecular flexibility index (Phi) is 3.77. The molecule has 0 spiro atoms. The molecule has 78 valence electrons. The number of nitrogens with zero attached hydrogens (tertiary/aromatic N) is 4. The smallest absolute Gasteiger partial charge is 0.228 e. The molecule has 0 N–H and O–H groups in total. The van der Waals surface area contributed by atoms with Crippen molar-refractivity contribution in [3.05, 3.63) is 10.4 Å². The molecule has 5 heteroatoms. The Balaban J connectivity index is 2.50. The molecular weight excluding hydrogens is 180 g/mol. The van der Waals surface area contributed by atoms with E-state index in [1.54, 1.807) is 4.90 Å². The predicted octanol–water partition coefficient (Wildman–Crippen LogP) is 1.80. The molecule has 1 fully saturated rings. The van der Waals surface area contributed by atoms with Gasteiger partial charge in [0, 0.05) is 18.0 Å². The third kappa shape index (κ3) is 2.92. The van der Waals surface area contributed by atoms with E-state index in [4.69, 9.17) is 5.53 Å². The van der Waals surface area contributed by atoms with Crippen LogP contribution in [0.5, 0.6) is 0 Å². The van der Waals surface area contributed by atoms with E-state index in [9.17, 15) is 4.79 Å². The first-order chi connectivity index (χ1) is 6.63. The molecule has 1 heterocycles. The molecule has 1 aliphatic rings. The van der Waals surface area contributed by atoms with Crippen molar-refractivity contribution in [2.24, 2.45) is 17.0 Å². The van der Waals surface area contributed by atoms with Crippen LogP contribution >= 0.6 is 0 Å². The highest BCUT2D eigenvalue weighted by molar-refractivity contribution is 5.78. The van der Waals surface area contributed by atoms with Crippen molar-refractivity contribution < 1.29 is 4.79 Å². The number of likely N-dealkylation sites (tertiary alicyclic amines) is 1. The van der Waals surface area contributed by atoms with Crippen LogP contribution in [0.4, 0.5) is 0 Å². The maximum absolute atomic E-state index is 11.5. The van der Waals surface area contributed by atoms with Crippen molar-refractivity contribution in [1.29, 1.82) is 0 Å². The van der Waals surface area contributed by atoms with Gasteiger partial charge in [-0.15, -0.1) is 0 Å². The van der Waals surface area contributed by atoms with Gasteiger partial charge in [-0.1, -0.05) is 19.0 Å². The lowest BCUT2D eigenvalue weighted by atomic mass is 9.92. The zero-order valence-electron chi connectivity index (χ0n) is 8.68. The van der Waals surface area contributed by atoms with E-state index in [-0.39, 0.29) is 12.5 Å². The number of hydrogen-bond donors (Lipinski definition) is 0. The highest BCUT2D eigenvalue weighted by atomic mass is 16.2. The fourth-order valence-electron chi connectivity index (χ4n) is 2.06. The summed E-state index contributed by atoms with van der Waals surface area (Å²) in [7, 11) is 0. The second-order valence-corrected chi connectivity index (χ2v) is 4.13. The molecule has 1 amide bonds.